The maximum absolute atomic E-state index is 12.3. The van der Waals surface area contributed by atoms with Gasteiger partial charge in [-0.25, -0.2) is 4.79 Å². The minimum atomic E-state index is -4.05. The fourth-order valence-corrected chi connectivity index (χ4v) is 2.96. The van der Waals surface area contributed by atoms with Crippen molar-refractivity contribution in [3.05, 3.63) is 53.6 Å². The van der Waals surface area contributed by atoms with Crippen molar-refractivity contribution in [3.63, 3.8) is 0 Å². The van der Waals surface area contributed by atoms with Crippen molar-refractivity contribution in [1.82, 2.24) is 0 Å². The summed E-state index contributed by atoms with van der Waals surface area (Å²) >= 11 is 0. The average molecular weight is 363 g/mol. The number of rotatable bonds is 5. The summed E-state index contributed by atoms with van der Waals surface area (Å²) < 4.78 is 34.4. The van der Waals surface area contributed by atoms with Crippen LogP contribution < -0.4 is 9.50 Å². The predicted molar refractivity (Wildman–Crippen MR) is 91.1 cm³/mol. The van der Waals surface area contributed by atoms with Crippen LogP contribution >= 0.6 is 0 Å². The molecule has 0 aromatic heterocycles. The van der Waals surface area contributed by atoms with E-state index in [1.807, 2.05) is 6.92 Å². The summed E-state index contributed by atoms with van der Waals surface area (Å²) in [6.45, 7) is 3.12. The summed E-state index contributed by atoms with van der Waals surface area (Å²) in [7, 11) is -2.88. The Hall–Kier alpha value is -2.87. The van der Waals surface area contributed by atoms with Crippen LogP contribution in [0.4, 0.5) is 5.69 Å². The topological polar surface area (TPSA) is 98.8 Å². The van der Waals surface area contributed by atoms with Crippen LogP contribution in [0.2, 0.25) is 0 Å². The first-order chi connectivity index (χ1) is 11.7. The molecule has 0 aliphatic carbocycles. The number of hydrogen-bond acceptors (Lipinski definition) is 6. The van der Waals surface area contributed by atoms with Crippen molar-refractivity contribution in [2.24, 2.45) is 0 Å². The third-order valence-corrected chi connectivity index (χ3v) is 4.48. The number of hydrogen-bond donors (Lipinski definition) is 1. The monoisotopic (exact) mass is 363 g/mol. The second-order valence-corrected chi connectivity index (χ2v) is 6.78. The van der Waals surface area contributed by atoms with E-state index in [0.29, 0.717) is 0 Å². The van der Waals surface area contributed by atoms with Gasteiger partial charge in [0.15, 0.2) is 0 Å². The van der Waals surface area contributed by atoms with Gasteiger partial charge in [0.2, 0.25) is 5.91 Å². The third kappa shape index (κ3) is 4.57. The summed E-state index contributed by atoms with van der Waals surface area (Å²) in [5.41, 5.74) is 1.08. The van der Waals surface area contributed by atoms with Crippen molar-refractivity contribution in [1.29, 1.82) is 0 Å². The van der Waals surface area contributed by atoms with Gasteiger partial charge in [0, 0.05) is 6.92 Å². The molecule has 1 amide bonds. The second-order valence-electron chi connectivity index (χ2n) is 5.23. The summed E-state index contributed by atoms with van der Waals surface area (Å²) in [5, 5.41) is 2.47. The first-order valence-corrected chi connectivity index (χ1v) is 8.65. The molecule has 0 unspecified atom stereocenters. The van der Waals surface area contributed by atoms with Gasteiger partial charge in [0.25, 0.3) is 0 Å². The molecule has 2 rings (SSSR count). The van der Waals surface area contributed by atoms with Gasteiger partial charge in [0.1, 0.15) is 10.6 Å². The molecule has 25 heavy (non-hydrogen) atoms. The van der Waals surface area contributed by atoms with Crippen LogP contribution in [0.5, 0.6) is 5.75 Å². The molecule has 0 bridgehead atoms. The van der Waals surface area contributed by atoms with Gasteiger partial charge in [-0.2, -0.15) is 8.42 Å². The van der Waals surface area contributed by atoms with E-state index >= 15 is 0 Å². The predicted octanol–water partition coefficient (Wildman–Crippen LogP) is 2.51. The number of carbonyl (C=O) groups excluding carboxylic acids is 2. The fraction of sp³-hybridized carbons (Fsp3) is 0.176. The number of esters is 1. The molecule has 0 spiro atoms. The minimum absolute atomic E-state index is 0.0105. The molecular formula is C17H17NO6S. The maximum Gasteiger partial charge on any atom is 0.340 e. The van der Waals surface area contributed by atoms with Gasteiger partial charge in [-0.15, -0.1) is 0 Å². The van der Waals surface area contributed by atoms with E-state index in [1.165, 1.54) is 44.4 Å². The number of anilines is 1. The van der Waals surface area contributed by atoms with Crippen molar-refractivity contribution in [2.75, 3.05) is 12.4 Å². The van der Waals surface area contributed by atoms with Crippen LogP contribution in [-0.2, 0) is 19.6 Å². The molecular weight excluding hydrogens is 346 g/mol. The lowest BCUT2D eigenvalue weighted by Crippen LogP contribution is -2.14. The van der Waals surface area contributed by atoms with Gasteiger partial charge in [0.05, 0.1) is 18.4 Å². The summed E-state index contributed by atoms with van der Waals surface area (Å²) in [6, 6.07) is 10.1. The molecule has 2 aromatic rings. The SMILES string of the molecule is COC(=O)c1cc(OS(=O)(=O)c2ccc(C)cc2)ccc1NC(C)=O. The first kappa shape index (κ1) is 18.5. The number of carbonyl (C=O) groups is 2. The molecule has 8 heteroatoms. The molecule has 0 saturated heterocycles. The largest absolute Gasteiger partial charge is 0.465 e. The van der Waals surface area contributed by atoms with Crippen molar-refractivity contribution in [3.8, 4) is 5.75 Å². The lowest BCUT2D eigenvalue weighted by molar-refractivity contribution is -0.114. The average Bonchev–Trinajstić information content (AvgIpc) is 2.55. The number of nitrogens with one attached hydrogen (secondary N) is 1. The van der Waals surface area contributed by atoms with Crippen LogP contribution in [0.15, 0.2) is 47.4 Å². The molecule has 0 fully saturated rings. The van der Waals surface area contributed by atoms with Gasteiger partial charge < -0.3 is 14.2 Å². The van der Waals surface area contributed by atoms with Crippen molar-refractivity contribution >= 4 is 27.7 Å². The van der Waals surface area contributed by atoms with E-state index in [0.717, 1.165) is 5.56 Å². The highest BCUT2D eigenvalue weighted by Gasteiger charge is 2.19. The Bertz CT molecular complexity index is 903. The first-order valence-electron chi connectivity index (χ1n) is 7.24. The minimum Gasteiger partial charge on any atom is -0.465 e. The Labute approximate surface area is 145 Å². The molecule has 0 aliphatic rings. The molecule has 0 atom stereocenters. The molecule has 132 valence electrons. The summed E-state index contributed by atoms with van der Waals surface area (Å²) in [4.78, 5) is 23.1. The number of amides is 1. The number of methoxy groups -OCH3 is 1. The Kier molecular flexibility index (Phi) is 5.43. The summed E-state index contributed by atoms with van der Waals surface area (Å²) in [5.74, 6) is -1.19. The molecule has 0 aliphatic heterocycles. The quantitative estimate of drug-likeness (QED) is 0.647. The lowest BCUT2D eigenvalue weighted by Gasteiger charge is -2.12. The number of ether oxygens (including phenoxy) is 1. The number of aryl methyl sites for hydroxylation is 1. The van der Waals surface area contributed by atoms with E-state index in [9.17, 15) is 18.0 Å². The van der Waals surface area contributed by atoms with Crippen LogP contribution in [0.3, 0.4) is 0 Å². The van der Waals surface area contributed by atoms with E-state index < -0.39 is 16.1 Å². The summed E-state index contributed by atoms with van der Waals surface area (Å²) in [6.07, 6.45) is 0. The molecule has 7 nitrogen and oxygen atoms in total. The van der Waals surface area contributed by atoms with Crippen LogP contribution in [0.25, 0.3) is 0 Å². The van der Waals surface area contributed by atoms with E-state index in [1.54, 1.807) is 12.1 Å². The molecule has 0 saturated carbocycles. The highest BCUT2D eigenvalue weighted by molar-refractivity contribution is 7.87. The van der Waals surface area contributed by atoms with Gasteiger partial charge in [-0.05, 0) is 37.3 Å². The molecule has 2 aromatic carbocycles. The van der Waals surface area contributed by atoms with Gasteiger partial charge in [-0.3, -0.25) is 4.79 Å². The van der Waals surface area contributed by atoms with Crippen LogP contribution in [0.1, 0.15) is 22.8 Å². The fourth-order valence-electron chi connectivity index (χ4n) is 2.03. The Morgan fingerprint density at radius 1 is 1.04 bits per heavy atom. The number of benzene rings is 2. The molecule has 1 N–H and O–H groups in total. The van der Waals surface area contributed by atoms with E-state index in [-0.39, 0.29) is 27.8 Å². The van der Waals surface area contributed by atoms with Gasteiger partial charge >= 0.3 is 16.1 Å². The highest BCUT2D eigenvalue weighted by Crippen LogP contribution is 2.26. The van der Waals surface area contributed by atoms with E-state index in [2.05, 4.69) is 10.1 Å². The molecule has 0 heterocycles. The Morgan fingerprint density at radius 2 is 1.68 bits per heavy atom. The van der Waals surface area contributed by atoms with Crippen molar-refractivity contribution in [2.45, 2.75) is 18.7 Å². The Morgan fingerprint density at radius 3 is 2.24 bits per heavy atom. The van der Waals surface area contributed by atoms with Crippen LogP contribution in [-0.4, -0.2) is 27.4 Å². The zero-order valence-corrected chi connectivity index (χ0v) is 14.7. The lowest BCUT2D eigenvalue weighted by atomic mass is 10.1. The standard InChI is InChI=1S/C17H17NO6S/c1-11-4-7-14(8-5-11)25(21,22)24-13-6-9-16(18-12(2)19)15(10-13)17(20)23-3/h4-10H,1-3H3,(H,18,19). The highest BCUT2D eigenvalue weighted by atomic mass is 32.2. The maximum atomic E-state index is 12.3. The van der Waals surface area contributed by atoms with Crippen LogP contribution in [0, 0.1) is 6.92 Å². The normalized spacial score (nSPS) is 10.8. The van der Waals surface area contributed by atoms with E-state index in [4.69, 9.17) is 4.18 Å². The zero-order chi connectivity index (χ0) is 18.6. The van der Waals surface area contributed by atoms with Crippen molar-refractivity contribution < 1.29 is 26.9 Å². The molecule has 0 radical (unpaired) electrons. The van der Waals surface area contributed by atoms with Gasteiger partial charge in [-0.1, -0.05) is 17.7 Å². The second kappa shape index (κ2) is 7.35. The third-order valence-electron chi connectivity index (χ3n) is 3.22. The zero-order valence-electron chi connectivity index (χ0n) is 13.9. The Balaban J connectivity index is 2.37. The smallest absolute Gasteiger partial charge is 0.340 e.